The molecule has 0 aliphatic heterocycles. The fraction of sp³-hybridized carbons (Fsp3) is 0.588. The minimum absolute atomic E-state index is 0.0134. The van der Waals surface area contributed by atoms with Gasteiger partial charge < -0.3 is 4.74 Å². The third-order valence-electron chi connectivity index (χ3n) is 3.48. The van der Waals surface area contributed by atoms with Crippen molar-refractivity contribution in [1.82, 2.24) is 0 Å². The molecule has 2 atom stereocenters. The second-order valence-corrected chi connectivity index (χ2v) is 6.16. The van der Waals surface area contributed by atoms with Gasteiger partial charge in [0.05, 0.1) is 5.92 Å². The Morgan fingerprint density at radius 1 is 1.32 bits per heavy atom. The van der Waals surface area contributed by atoms with Crippen LogP contribution in [0.5, 0.6) is 0 Å². The number of hydrogen-bond acceptors (Lipinski definition) is 2. The summed E-state index contributed by atoms with van der Waals surface area (Å²) in [4.78, 5) is 12.0. The quantitative estimate of drug-likeness (QED) is 0.437. The average molecular weight is 260 g/mol. The molecule has 0 aromatic heterocycles. The summed E-state index contributed by atoms with van der Waals surface area (Å²) in [5.41, 5.74) is 2.28. The fourth-order valence-electron chi connectivity index (χ4n) is 2.26. The van der Waals surface area contributed by atoms with Crippen LogP contribution in [0.25, 0.3) is 0 Å². The van der Waals surface area contributed by atoms with E-state index in [1.165, 1.54) is 5.57 Å². The predicted octanol–water partition coefficient (Wildman–Crippen LogP) is 3.74. The van der Waals surface area contributed by atoms with Crippen LogP contribution in [-0.2, 0) is 9.53 Å². The number of carbonyl (C=O) groups excluding carboxylic acids is 1. The Kier molecular flexibility index (Phi) is 5.00. The van der Waals surface area contributed by atoms with E-state index in [0.717, 1.165) is 5.57 Å². The molecule has 2 heteroatoms. The van der Waals surface area contributed by atoms with E-state index in [0.29, 0.717) is 12.3 Å². The van der Waals surface area contributed by atoms with Crippen molar-refractivity contribution >= 4 is 5.97 Å². The van der Waals surface area contributed by atoms with E-state index in [-0.39, 0.29) is 23.9 Å². The lowest BCUT2D eigenvalue weighted by atomic mass is 10.1. The first-order chi connectivity index (χ1) is 8.76. The zero-order valence-electron chi connectivity index (χ0n) is 12.7. The van der Waals surface area contributed by atoms with Gasteiger partial charge in [-0.05, 0) is 32.1 Å². The third kappa shape index (κ3) is 4.28. The van der Waals surface area contributed by atoms with Gasteiger partial charge in [0.25, 0.3) is 0 Å². The number of allylic oxidation sites excluding steroid dienone is 3. The van der Waals surface area contributed by atoms with E-state index in [4.69, 9.17) is 4.74 Å². The molecular formula is C17H24O2. The van der Waals surface area contributed by atoms with E-state index in [2.05, 4.69) is 52.2 Å². The average Bonchev–Trinajstić information content (AvgIpc) is 2.78. The maximum atomic E-state index is 12.0. The molecule has 19 heavy (non-hydrogen) atoms. The van der Waals surface area contributed by atoms with Gasteiger partial charge in [0.2, 0.25) is 0 Å². The largest absolute Gasteiger partial charge is 0.452 e. The van der Waals surface area contributed by atoms with Crippen molar-refractivity contribution in [2.45, 2.75) is 41.0 Å². The molecule has 1 saturated carbocycles. The molecule has 1 aliphatic rings. The molecule has 0 spiro atoms. The van der Waals surface area contributed by atoms with Gasteiger partial charge in [-0.25, -0.2) is 0 Å². The van der Waals surface area contributed by atoms with Crippen LogP contribution in [0.3, 0.4) is 0 Å². The molecule has 0 radical (unpaired) electrons. The first-order valence-corrected chi connectivity index (χ1v) is 6.68. The Labute approximate surface area is 116 Å². The molecule has 1 fully saturated rings. The molecule has 1 rings (SSSR count). The molecule has 2 nitrogen and oxygen atoms in total. The van der Waals surface area contributed by atoms with Crippen LogP contribution in [0, 0.1) is 29.1 Å². The smallest absolute Gasteiger partial charge is 0.311 e. The van der Waals surface area contributed by atoms with E-state index < -0.39 is 0 Å². The van der Waals surface area contributed by atoms with Crippen molar-refractivity contribution in [2.24, 2.45) is 17.3 Å². The summed E-state index contributed by atoms with van der Waals surface area (Å²) in [6.07, 6.45) is 2.82. The molecule has 1 aliphatic carbocycles. The van der Waals surface area contributed by atoms with Crippen LogP contribution in [0.15, 0.2) is 23.8 Å². The van der Waals surface area contributed by atoms with Gasteiger partial charge in [-0.15, -0.1) is 0 Å². The predicted molar refractivity (Wildman–Crippen MR) is 78.4 cm³/mol. The van der Waals surface area contributed by atoms with Crippen molar-refractivity contribution in [3.63, 3.8) is 0 Å². The Bertz CT molecular complexity index is 453. The van der Waals surface area contributed by atoms with E-state index >= 15 is 0 Å². The Balaban J connectivity index is 2.45. The molecule has 104 valence electrons. The highest BCUT2D eigenvalue weighted by Crippen LogP contribution is 2.59. The van der Waals surface area contributed by atoms with Gasteiger partial charge in [-0.2, -0.15) is 0 Å². The lowest BCUT2D eigenvalue weighted by Crippen LogP contribution is -2.10. The zero-order valence-corrected chi connectivity index (χ0v) is 12.7. The first kappa shape index (κ1) is 15.6. The van der Waals surface area contributed by atoms with Crippen LogP contribution in [-0.4, -0.2) is 12.6 Å². The van der Waals surface area contributed by atoms with E-state index in [1.807, 2.05) is 6.92 Å². The SMILES string of the molecule is C=C(C)CC#CCOC(=O)C1C(C=C(C)C)C1(C)C. The number of rotatable bonds is 4. The van der Waals surface area contributed by atoms with Crippen molar-refractivity contribution < 1.29 is 9.53 Å². The highest BCUT2D eigenvalue weighted by atomic mass is 16.5. The van der Waals surface area contributed by atoms with Crippen LogP contribution >= 0.6 is 0 Å². The summed E-state index contributed by atoms with van der Waals surface area (Å²) in [6.45, 7) is 14.2. The summed E-state index contributed by atoms with van der Waals surface area (Å²) in [5, 5.41) is 0. The molecule has 2 unspecified atom stereocenters. The number of esters is 1. The lowest BCUT2D eigenvalue weighted by molar-refractivity contribution is -0.144. The van der Waals surface area contributed by atoms with Crippen LogP contribution in [0.1, 0.15) is 41.0 Å². The monoisotopic (exact) mass is 260 g/mol. The maximum Gasteiger partial charge on any atom is 0.311 e. The molecule has 0 N–H and O–H groups in total. The highest BCUT2D eigenvalue weighted by Gasteiger charge is 2.61. The summed E-state index contributed by atoms with van der Waals surface area (Å²) in [7, 11) is 0. The van der Waals surface area contributed by atoms with Crippen molar-refractivity contribution in [1.29, 1.82) is 0 Å². The lowest BCUT2D eigenvalue weighted by Gasteiger charge is -2.01. The van der Waals surface area contributed by atoms with Crippen molar-refractivity contribution in [3.8, 4) is 11.8 Å². The molecule has 0 saturated heterocycles. The molecule has 0 aromatic rings. The highest BCUT2D eigenvalue weighted by molar-refractivity contribution is 5.78. The third-order valence-corrected chi connectivity index (χ3v) is 3.48. The summed E-state index contributed by atoms with van der Waals surface area (Å²) < 4.78 is 5.22. The van der Waals surface area contributed by atoms with Crippen LogP contribution < -0.4 is 0 Å². The van der Waals surface area contributed by atoms with Crippen molar-refractivity contribution in [2.75, 3.05) is 6.61 Å². The normalized spacial score (nSPS) is 22.8. The number of ether oxygens (including phenoxy) is 1. The molecule has 0 aromatic carbocycles. The van der Waals surface area contributed by atoms with Gasteiger partial charge in [-0.3, -0.25) is 4.79 Å². The Morgan fingerprint density at radius 3 is 2.47 bits per heavy atom. The molecular weight excluding hydrogens is 236 g/mol. The second-order valence-electron chi connectivity index (χ2n) is 6.16. The van der Waals surface area contributed by atoms with Crippen molar-refractivity contribution in [3.05, 3.63) is 23.8 Å². The minimum atomic E-state index is -0.128. The topological polar surface area (TPSA) is 26.3 Å². The summed E-state index contributed by atoms with van der Waals surface area (Å²) in [6, 6.07) is 0. The summed E-state index contributed by atoms with van der Waals surface area (Å²) >= 11 is 0. The second kappa shape index (κ2) is 6.10. The standard InChI is InChI=1S/C17H24O2/c1-12(2)9-7-8-10-19-16(18)15-14(11-13(3)4)17(15,5)6/h11,14-15H,1,9-10H2,2-6H3. The minimum Gasteiger partial charge on any atom is -0.452 e. The first-order valence-electron chi connectivity index (χ1n) is 6.68. The maximum absolute atomic E-state index is 12.0. The molecule has 0 bridgehead atoms. The van der Waals surface area contributed by atoms with Crippen LogP contribution in [0.4, 0.5) is 0 Å². The fourth-order valence-corrected chi connectivity index (χ4v) is 2.26. The number of hydrogen-bond donors (Lipinski definition) is 0. The Hall–Kier alpha value is -1.49. The van der Waals surface area contributed by atoms with Gasteiger partial charge in [-0.1, -0.05) is 49.5 Å². The molecule has 0 amide bonds. The Morgan fingerprint density at radius 2 is 1.95 bits per heavy atom. The van der Waals surface area contributed by atoms with Gasteiger partial charge in [0, 0.05) is 6.42 Å². The van der Waals surface area contributed by atoms with Gasteiger partial charge in [0.1, 0.15) is 0 Å². The molecule has 0 heterocycles. The number of carbonyl (C=O) groups is 1. The van der Waals surface area contributed by atoms with E-state index in [9.17, 15) is 4.79 Å². The zero-order chi connectivity index (χ0) is 14.6. The van der Waals surface area contributed by atoms with Gasteiger partial charge >= 0.3 is 5.97 Å². The van der Waals surface area contributed by atoms with E-state index in [1.54, 1.807) is 0 Å². The van der Waals surface area contributed by atoms with Crippen LogP contribution in [0.2, 0.25) is 0 Å². The summed E-state index contributed by atoms with van der Waals surface area (Å²) in [5.74, 6) is 5.92. The van der Waals surface area contributed by atoms with Gasteiger partial charge in [0.15, 0.2) is 6.61 Å².